The van der Waals surface area contributed by atoms with Gasteiger partial charge in [0.1, 0.15) is 0 Å². The Morgan fingerprint density at radius 2 is 2.12 bits per heavy atom. The van der Waals surface area contributed by atoms with Crippen LogP contribution < -0.4 is 10.6 Å². The quantitative estimate of drug-likeness (QED) is 0.632. The third-order valence-electron chi connectivity index (χ3n) is 3.98. The average molecular weight is 350 g/mol. The Labute approximate surface area is 145 Å². The normalized spacial score (nSPS) is 20.5. The van der Waals surface area contributed by atoms with E-state index in [-0.39, 0.29) is 6.04 Å². The van der Waals surface area contributed by atoms with Crippen LogP contribution in [0.5, 0.6) is 0 Å². The molecule has 0 bridgehead atoms. The molecule has 0 saturated heterocycles. The number of carbonyl (C=O) groups is 3. The van der Waals surface area contributed by atoms with Gasteiger partial charge < -0.3 is 10.1 Å². The molecule has 7 heteroatoms. The molecule has 1 aromatic heterocycles. The minimum Gasteiger partial charge on any atom is -0.452 e. The van der Waals surface area contributed by atoms with E-state index in [1.54, 1.807) is 6.08 Å². The van der Waals surface area contributed by atoms with Gasteiger partial charge in [-0.05, 0) is 47.2 Å². The van der Waals surface area contributed by atoms with Gasteiger partial charge >= 0.3 is 12.0 Å². The maximum atomic E-state index is 11.8. The van der Waals surface area contributed by atoms with Crippen LogP contribution in [0.3, 0.4) is 0 Å². The third kappa shape index (κ3) is 6.16. The molecule has 24 heavy (non-hydrogen) atoms. The first-order chi connectivity index (χ1) is 11.5. The molecule has 0 radical (unpaired) electrons. The zero-order chi connectivity index (χ0) is 17.4. The standard InChI is InChI=1S/C17H22N2O4S/c1-12-4-2-3-5-14(12)18-17(22)19-15(20)10-23-16(21)7-6-13-8-9-24-11-13/h6-9,11-12,14H,2-5,10H2,1H3,(H2,18,19,20,22)/b7-6+/t12-,14+/m0/s1. The molecule has 0 spiro atoms. The van der Waals surface area contributed by atoms with Crippen molar-refractivity contribution in [2.24, 2.45) is 5.92 Å². The Morgan fingerprint density at radius 3 is 2.83 bits per heavy atom. The number of carbonyl (C=O) groups excluding carboxylic acids is 3. The predicted octanol–water partition coefficient (Wildman–Crippen LogP) is 2.71. The number of hydrogen-bond acceptors (Lipinski definition) is 5. The lowest BCUT2D eigenvalue weighted by molar-refractivity contribution is -0.143. The van der Waals surface area contributed by atoms with Gasteiger partial charge in [0, 0.05) is 12.1 Å². The fraction of sp³-hybridized carbons (Fsp3) is 0.471. The highest BCUT2D eigenvalue weighted by Crippen LogP contribution is 2.23. The van der Waals surface area contributed by atoms with Gasteiger partial charge in [0.2, 0.25) is 0 Å². The number of hydrogen-bond donors (Lipinski definition) is 2. The van der Waals surface area contributed by atoms with Crippen LogP contribution in [-0.4, -0.2) is 30.6 Å². The van der Waals surface area contributed by atoms with Crippen LogP contribution in [0.25, 0.3) is 6.08 Å². The number of nitrogens with one attached hydrogen (secondary N) is 2. The first-order valence-corrected chi connectivity index (χ1v) is 8.96. The summed E-state index contributed by atoms with van der Waals surface area (Å²) in [5, 5.41) is 8.77. The van der Waals surface area contributed by atoms with Crippen LogP contribution in [0, 0.1) is 5.92 Å². The summed E-state index contributed by atoms with van der Waals surface area (Å²) >= 11 is 1.52. The van der Waals surface area contributed by atoms with E-state index in [0.717, 1.165) is 24.8 Å². The summed E-state index contributed by atoms with van der Waals surface area (Å²) in [4.78, 5) is 34.9. The Kier molecular flexibility index (Phi) is 6.99. The third-order valence-corrected chi connectivity index (χ3v) is 4.68. The van der Waals surface area contributed by atoms with Crippen molar-refractivity contribution in [1.82, 2.24) is 10.6 Å². The number of amides is 3. The molecule has 6 nitrogen and oxygen atoms in total. The molecular weight excluding hydrogens is 328 g/mol. The molecule has 1 aliphatic carbocycles. The number of rotatable bonds is 5. The van der Waals surface area contributed by atoms with E-state index in [0.29, 0.717) is 5.92 Å². The molecule has 0 aromatic carbocycles. The van der Waals surface area contributed by atoms with Gasteiger partial charge in [-0.3, -0.25) is 10.1 Å². The molecule has 2 atom stereocenters. The molecule has 3 amide bonds. The van der Waals surface area contributed by atoms with E-state index in [9.17, 15) is 14.4 Å². The molecule has 1 saturated carbocycles. The van der Waals surface area contributed by atoms with E-state index in [1.807, 2.05) is 16.8 Å². The Balaban J connectivity index is 1.66. The van der Waals surface area contributed by atoms with Gasteiger partial charge in [-0.2, -0.15) is 11.3 Å². The molecule has 1 heterocycles. The molecule has 2 N–H and O–H groups in total. The SMILES string of the molecule is C[C@H]1CCCC[C@H]1NC(=O)NC(=O)COC(=O)/C=C/c1ccsc1. The summed E-state index contributed by atoms with van der Waals surface area (Å²) < 4.78 is 4.80. The van der Waals surface area contributed by atoms with E-state index in [2.05, 4.69) is 17.6 Å². The molecular formula is C17H22N2O4S. The molecule has 2 rings (SSSR count). The van der Waals surface area contributed by atoms with Crippen molar-refractivity contribution in [1.29, 1.82) is 0 Å². The maximum Gasteiger partial charge on any atom is 0.331 e. The minimum absolute atomic E-state index is 0.0858. The van der Waals surface area contributed by atoms with Crippen molar-refractivity contribution in [2.45, 2.75) is 38.6 Å². The van der Waals surface area contributed by atoms with Gasteiger partial charge in [0.15, 0.2) is 6.61 Å². The fourth-order valence-electron chi connectivity index (χ4n) is 2.62. The summed E-state index contributed by atoms with van der Waals surface area (Å²) in [5.41, 5.74) is 0.891. The second kappa shape index (κ2) is 9.22. The smallest absolute Gasteiger partial charge is 0.331 e. The average Bonchev–Trinajstić information content (AvgIpc) is 3.06. The van der Waals surface area contributed by atoms with Crippen LogP contribution in [0.4, 0.5) is 4.79 Å². The topological polar surface area (TPSA) is 84.5 Å². The van der Waals surface area contributed by atoms with Gasteiger partial charge in [0.05, 0.1) is 0 Å². The summed E-state index contributed by atoms with van der Waals surface area (Å²) in [5.74, 6) is -0.870. The Hall–Kier alpha value is -2.15. The number of esters is 1. The van der Waals surface area contributed by atoms with Crippen molar-refractivity contribution >= 4 is 35.3 Å². The molecule has 0 unspecified atom stereocenters. The Morgan fingerprint density at radius 1 is 1.33 bits per heavy atom. The van der Waals surface area contributed by atoms with Gasteiger partial charge in [-0.1, -0.05) is 19.8 Å². The zero-order valence-electron chi connectivity index (χ0n) is 13.6. The Bertz CT molecular complexity index is 598. The first kappa shape index (κ1) is 18.2. The number of imide groups is 1. The van der Waals surface area contributed by atoms with Crippen molar-refractivity contribution < 1.29 is 19.1 Å². The van der Waals surface area contributed by atoms with E-state index >= 15 is 0 Å². The lowest BCUT2D eigenvalue weighted by atomic mass is 9.86. The molecule has 1 fully saturated rings. The second-order valence-corrected chi connectivity index (χ2v) is 6.67. The summed E-state index contributed by atoms with van der Waals surface area (Å²) in [6.07, 6.45) is 7.11. The highest BCUT2D eigenvalue weighted by molar-refractivity contribution is 7.08. The van der Waals surface area contributed by atoms with Crippen LogP contribution in [0.15, 0.2) is 22.9 Å². The minimum atomic E-state index is -0.645. The maximum absolute atomic E-state index is 11.8. The highest BCUT2D eigenvalue weighted by atomic mass is 32.1. The van der Waals surface area contributed by atoms with Gasteiger partial charge in [0.25, 0.3) is 5.91 Å². The first-order valence-electron chi connectivity index (χ1n) is 8.02. The summed E-state index contributed by atoms with van der Waals surface area (Å²) in [6, 6.07) is 1.41. The monoisotopic (exact) mass is 350 g/mol. The fourth-order valence-corrected chi connectivity index (χ4v) is 3.25. The van der Waals surface area contributed by atoms with Crippen molar-refractivity contribution in [3.63, 3.8) is 0 Å². The van der Waals surface area contributed by atoms with Crippen molar-refractivity contribution in [3.05, 3.63) is 28.5 Å². The van der Waals surface area contributed by atoms with Crippen molar-refractivity contribution in [3.8, 4) is 0 Å². The molecule has 1 aromatic rings. The number of urea groups is 1. The lowest BCUT2D eigenvalue weighted by Gasteiger charge is -2.29. The predicted molar refractivity (Wildman–Crippen MR) is 92.4 cm³/mol. The van der Waals surface area contributed by atoms with E-state index < -0.39 is 24.5 Å². The molecule has 0 aliphatic heterocycles. The number of thiophene rings is 1. The van der Waals surface area contributed by atoms with Crippen LogP contribution >= 0.6 is 11.3 Å². The lowest BCUT2D eigenvalue weighted by Crippen LogP contribution is -2.48. The zero-order valence-corrected chi connectivity index (χ0v) is 14.4. The van der Waals surface area contributed by atoms with Crippen LogP contribution in [0.1, 0.15) is 38.2 Å². The van der Waals surface area contributed by atoms with E-state index in [4.69, 9.17) is 4.74 Å². The highest BCUT2D eigenvalue weighted by Gasteiger charge is 2.23. The van der Waals surface area contributed by atoms with Crippen LogP contribution in [0.2, 0.25) is 0 Å². The van der Waals surface area contributed by atoms with Crippen LogP contribution in [-0.2, 0) is 14.3 Å². The van der Waals surface area contributed by atoms with Gasteiger partial charge in [-0.15, -0.1) is 0 Å². The molecule has 130 valence electrons. The van der Waals surface area contributed by atoms with Crippen molar-refractivity contribution in [2.75, 3.05) is 6.61 Å². The summed E-state index contributed by atoms with van der Waals surface area (Å²) in [7, 11) is 0. The number of ether oxygens (including phenoxy) is 1. The van der Waals surface area contributed by atoms with Gasteiger partial charge in [-0.25, -0.2) is 9.59 Å². The second-order valence-electron chi connectivity index (χ2n) is 5.89. The largest absolute Gasteiger partial charge is 0.452 e. The summed E-state index contributed by atoms with van der Waals surface area (Å²) in [6.45, 7) is 1.61. The molecule has 1 aliphatic rings. The van der Waals surface area contributed by atoms with E-state index in [1.165, 1.54) is 23.8 Å².